The van der Waals surface area contributed by atoms with E-state index in [-0.39, 0.29) is 28.3 Å². The van der Waals surface area contributed by atoms with Gasteiger partial charge in [0.1, 0.15) is 5.82 Å². The highest BCUT2D eigenvalue weighted by Gasteiger charge is 2.61. The first-order chi connectivity index (χ1) is 13.7. The van der Waals surface area contributed by atoms with Gasteiger partial charge in [-0.2, -0.15) is 0 Å². The topological polar surface area (TPSA) is 87.7 Å². The highest BCUT2D eigenvalue weighted by atomic mass is 16.1. The van der Waals surface area contributed by atoms with Gasteiger partial charge in [-0.3, -0.25) is 14.6 Å². The average molecular weight is 395 g/mol. The van der Waals surface area contributed by atoms with Crippen molar-refractivity contribution in [1.29, 1.82) is 0 Å². The van der Waals surface area contributed by atoms with Gasteiger partial charge in [-0.05, 0) is 61.5 Å². The minimum Gasteiger partial charge on any atom is -0.353 e. The van der Waals surface area contributed by atoms with Crippen LogP contribution >= 0.6 is 0 Å². The quantitative estimate of drug-likeness (QED) is 0.813. The van der Waals surface area contributed by atoms with Gasteiger partial charge in [0, 0.05) is 41.7 Å². The molecule has 2 heterocycles. The molecule has 154 valence electrons. The number of fused-ring (bicyclic) bond motifs is 2. The summed E-state index contributed by atoms with van der Waals surface area (Å²) in [5, 5.41) is 3.27. The summed E-state index contributed by atoms with van der Waals surface area (Å²) < 4.78 is 0. The number of pyridine rings is 1. The zero-order valence-electron chi connectivity index (χ0n) is 17.7. The van der Waals surface area contributed by atoms with Gasteiger partial charge in [0.05, 0.1) is 0 Å². The molecule has 3 unspecified atom stereocenters. The minimum atomic E-state index is -0.176. The van der Waals surface area contributed by atoms with E-state index in [1.54, 1.807) is 12.4 Å². The Kier molecular flexibility index (Phi) is 4.83. The fraction of sp³-hybridized carbons (Fsp3) is 0.565. The Labute approximate surface area is 171 Å². The Morgan fingerprint density at radius 2 is 2.00 bits per heavy atom. The fourth-order valence-electron chi connectivity index (χ4n) is 5.48. The summed E-state index contributed by atoms with van der Waals surface area (Å²) in [4.78, 5) is 36.6. The van der Waals surface area contributed by atoms with Crippen molar-refractivity contribution in [3.05, 3.63) is 46.1 Å². The van der Waals surface area contributed by atoms with Crippen LogP contribution in [0.4, 0.5) is 0 Å². The van der Waals surface area contributed by atoms with E-state index < -0.39 is 0 Å². The normalized spacial score (nSPS) is 27.2. The van der Waals surface area contributed by atoms with Crippen LogP contribution in [0.15, 0.2) is 29.3 Å². The van der Waals surface area contributed by atoms with E-state index >= 15 is 0 Å². The molecular formula is C23H30N4O2. The van der Waals surface area contributed by atoms with Crippen LogP contribution in [0.1, 0.15) is 57.7 Å². The SMILES string of the molecule is Cc1nc(-c2ccncc2)[nH]c(=O)c1CCC(=O)NC1CC2CCC1(C)C2(C)C. The third-order valence-electron chi connectivity index (χ3n) is 7.91. The number of rotatable bonds is 5. The Morgan fingerprint density at radius 3 is 2.59 bits per heavy atom. The Bertz CT molecular complexity index is 982. The lowest BCUT2D eigenvalue weighted by atomic mass is 9.69. The van der Waals surface area contributed by atoms with Crippen LogP contribution in [-0.2, 0) is 11.2 Å². The molecule has 2 aromatic rings. The van der Waals surface area contributed by atoms with Crippen molar-refractivity contribution < 1.29 is 4.79 Å². The molecule has 2 saturated carbocycles. The van der Waals surface area contributed by atoms with Crippen LogP contribution in [0, 0.1) is 23.7 Å². The van der Waals surface area contributed by atoms with Gasteiger partial charge in [0.2, 0.25) is 5.91 Å². The van der Waals surface area contributed by atoms with E-state index in [0.717, 1.165) is 12.0 Å². The van der Waals surface area contributed by atoms with Crippen molar-refractivity contribution in [1.82, 2.24) is 20.3 Å². The maximum absolute atomic E-state index is 12.7. The van der Waals surface area contributed by atoms with Crippen molar-refractivity contribution in [2.75, 3.05) is 0 Å². The van der Waals surface area contributed by atoms with E-state index in [9.17, 15) is 9.59 Å². The molecule has 29 heavy (non-hydrogen) atoms. The summed E-state index contributed by atoms with van der Waals surface area (Å²) in [6.45, 7) is 8.83. The van der Waals surface area contributed by atoms with E-state index in [1.165, 1.54) is 12.8 Å². The molecule has 4 rings (SSSR count). The number of carbonyl (C=O) groups is 1. The van der Waals surface area contributed by atoms with Gasteiger partial charge >= 0.3 is 0 Å². The number of H-pyrrole nitrogens is 1. The Balaban J connectivity index is 1.42. The molecule has 2 aliphatic carbocycles. The number of amides is 1. The van der Waals surface area contributed by atoms with Crippen LogP contribution in [-0.4, -0.2) is 26.9 Å². The van der Waals surface area contributed by atoms with Crippen molar-refractivity contribution >= 4 is 5.91 Å². The van der Waals surface area contributed by atoms with E-state index in [0.29, 0.717) is 35.8 Å². The van der Waals surface area contributed by atoms with E-state index in [1.807, 2.05) is 19.1 Å². The fourth-order valence-corrected chi connectivity index (χ4v) is 5.48. The molecule has 6 heteroatoms. The number of carbonyl (C=O) groups excluding carboxylic acids is 1. The van der Waals surface area contributed by atoms with Crippen LogP contribution in [0.5, 0.6) is 0 Å². The predicted molar refractivity (Wildman–Crippen MR) is 112 cm³/mol. The van der Waals surface area contributed by atoms with Gasteiger partial charge in [-0.25, -0.2) is 4.98 Å². The van der Waals surface area contributed by atoms with Crippen molar-refractivity contribution in [2.45, 2.75) is 65.8 Å². The second-order valence-electron chi connectivity index (χ2n) is 9.44. The average Bonchev–Trinajstić information content (AvgIpc) is 3.01. The third kappa shape index (κ3) is 3.28. The zero-order valence-corrected chi connectivity index (χ0v) is 17.7. The standard InChI is InChI=1S/C23H30N4O2/c1-14-17(21(29)27-20(25-14)15-8-11-24-12-9-15)5-6-19(28)26-18-13-16-7-10-23(18,4)22(16,2)3/h8-9,11-12,16,18H,5-7,10,13H2,1-4H3,(H,26,28)(H,25,27,29). The minimum absolute atomic E-state index is 0.0246. The molecule has 2 N–H and O–H groups in total. The monoisotopic (exact) mass is 394 g/mol. The smallest absolute Gasteiger partial charge is 0.254 e. The summed E-state index contributed by atoms with van der Waals surface area (Å²) in [5.41, 5.74) is 2.32. The molecule has 0 aliphatic heterocycles. The van der Waals surface area contributed by atoms with Gasteiger partial charge < -0.3 is 10.3 Å². The van der Waals surface area contributed by atoms with Crippen LogP contribution in [0.25, 0.3) is 11.4 Å². The third-order valence-corrected chi connectivity index (χ3v) is 7.91. The number of nitrogens with one attached hydrogen (secondary N) is 2. The first kappa shape index (κ1) is 19.8. The van der Waals surface area contributed by atoms with Crippen molar-refractivity contribution in [3.63, 3.8) is 0 Å². The lowest BCUT2D eigenvalue weighted by Gasteiger charge is -2.39. The first-order valence-electron chi connectivity index (χ1n) is 10.5. The first-order valence-corrected chi connectivity index (χ1v) is 10.5. The molecule has 2 aromatic heterocycles. The summed E-state index contributed by atoms with van der Waals surface area (Å²) >= 11 is 0. The number of nitrogens with zero attached hydrogens (tertiary/aromatic N) is 2. The summed E-state index contributed by atoms with van der Waals surface area (Å²) in [7, 11) is 0. The molecule has 6 nitrogen and oxygen atoms in total. The molecule has 0 saturated heterocycles. The van der Waals surface area contributed by atoms with Crippen LogP contribution < -0.4 is 10.9 Å². The van der Waals surface area contributed by atoms with Crippen molar-refractivity contribution in [3.8, 4) is 11.4 Å². The summed E-state index contributed by atoms with van der Waals surface area (Å²) in [5.74, 6) is 1.24. The Hall–Kier alpha value is -2.50. The van der Waals surface area contributed by atoms with Crippen molar-refractivity contribution in [2.24, 2.45) is 16.7 Å². The largest absolute Gasteiger partial charge is 0.353 e. The summed E-state index contributed by atoms with van der Waals surface area (Å²) in [6, 6.07) is 3.85. The predicted octanol–water partition coefficient (Wildman–Crippen LogP) is 3.40. The maximum Gasteiger partial charge on any atom is 0.254 e. The highest BCUT2D eigenvalue weighted by Crippen LogP contribution is 2.65. The molecule has 0 radical (unpaired) electrons. The summed E-state index contributed by atoms with van der Waals surface area (Å²) in [6.07, 6.45) is 7.54. The van der Waals surface area contributed by atoms with E-state index in [4.69, 9.17) is 0 Å². The molecule has 2 fully saturated rings. The number of aromatic amines is 1. The second-order valence-corrected chi connectivity index (χ2v) is 9.44. The molecule has 2 aliphatic rings. The van der Waals surface area contributed by atoms with Gasteiger partial charge in [0.15, 0.2) is 0 Å². The van der Waals surface area contributed by atoms with Crippen LogP contribution in [0.3, 0.4) is 0 Å². The maximum atomic E-state index is 12.7. The number of aromatic nitrogens is 3. The second kappa shape index (κ2) is 7.08. The number of aryl methyl sites for hydroxylation is 1. The molecule has 3 atom stereocenters. The zero-order chi connectivity index (χ0) is 20.8. The lowest BCUT2D eigenvalue weighted by Crippen LogP contribution is -2.47. The van der Waals surface area contributed by atoms with Crippen LogP contribution in [0.2, 0.25) is 0 Å². The Morgan fingerprint density at radius 1 is 1.28 bits per heavy atom. The number of hydrogen-bond donors (Lipinski definition) is 2. The number of hydrogen-bond acceptors (Lipinski definition) is 4. The molecule has 0 aromatic carbocycles. The molecular weight excluding hydrogens is 364 g/mol. The lowest BCUT2D eigenvalue weighted by molar-refractivity contribution is -0.122. The van der Waals surface area contributed by atoms with Gasteiger partial charge in [0.25, 0.3) is 5.56 Å². The molecule has 2 bridgehead atoms. The van der Waals surface area contributed by atoms with Gasteiger partial charge in [-0.15, -0.1) is 0 Å². The highest BCUT2D eigenvalue weighted by molar-refractivity contribution is 5.76. The molecule has 0 spiro atoms. The molecule has 1 amide bonds. The van der Waals surface area contributed by atoms with Gasteiger partial charge in [-0.1, -0.05) is 20.8 Å². The van der Waals surface area contributed by atoms with E-state index in [2.05, 4.69) is 41.0 Å².